The minimum atomic E-state index is -0.631. The fourth-order valence-electron chi connectivity index (χ4n) is 1.70. The summed E-state index contributed by atoms with van der Waals surface area (Å²) in [5.74, 6) is -0.170. The molecule has 1 unspecified atom stereocenters. The molecule has 1 heterocycles. The van der Waals surface area contributed by atoms with E-state index in [0.717, 1.165) is 21.7 Å². The van der Waals surface area contributed by atoms with Gasteiger partial charge in [0.05, 0.1) is 17.7 Å². The number of hydrogen-bond donors (Lipinski definition) is 2. The molecule has 2 rings (SSSR count). The molecule has 1 amide bonds. The summed E-state index contributed by atoms with van der Waals surface area (Å²) < 4.78 is 0. The van der Waals surface area contributed by atoms with Gasteiger partial charge in [0, 0.05) is 4.88 Å². The lowest BCUT2D eigenvalue weighted by atomic mass is 10.1. The van der Waals surface area contributed by atoms with Gasteiger partial charge in [-0.2, -0.15) is 0 Å². The van der Waals surface area contributed by atoms with Gasteiger partial charge in [0.2, 0.25) is 5.91 Å². The smallest absolute Gasteiger partial charge is 0.241 e. The predicted octanol–water partition coefficient (Wildman–Crippen LogP) is 2.08. The third-order valence-electron chi connectivity index (χ3n) is 2.99. The van der Waals surface area contributed by atoms with Gasteiger partial charge in [-0.15, -0.1) is 11.3 Å². The van der Waals surface area contributed by atoms with E-state index in [0.29, 0.717) is 6.54 Å². The molecule has 0 radical (unpaired) electrons. The van der Waals surface area contributed by atoms with E-state index in [1.807, 2.05) is 38.1 Å². The minimum Gasteiger partial charge on any atom is -0.349 e. The summed E-state index contributed by atoms with van der Waals surface area (Å²) in [7, 11) is 0. The third-order valence-corrected chi connectivity index (χ3v) is 3.92. The van der Waals surface area contributed by atoms with Gasteiger partial charge in [0.25, 0.3) is 0 Å². The molecule has 2 aromatic rings. The highest BCUT2D eigenvalue weighted by Crippen LogP contribution is 2.14. The molecule has 4 nitrogen and oxygen atoms in total. The van der Waals surface area contributed by atoms with Crippen molar-refractivity contribution in [2.75, 3.05) is 0 Å². The first-order valence-electron chi connectivity index (χ1n) is 6.06. The zero-order chi connectivity index (χ0) is 13.8. The van der Waals surface area contributed by atoms with Gasteiger partial charge in [0.15, 0.2) is 0 Å². The van der Waals surface area contributed by atoms with Crippen molar-refractivity contribution in [2.24, 2.45) is 5.73 Å². The summed E-state index contributed by atoms with van der Waals surface area (Å²) in [6, 6.07) is 7.05. The fraction of sp³-hybridized carbons (Fsp3) is 0.286. The number of carbonyl (C=O) groups is 1. The minimum absolute atomic E-state index is 0.170. The zero-order valence-electron chi connectivity index (χ0n) is 11.0. The van der Waals surface area contributed by atoms with E-state index >= 15 is 0 Å². The molecule has 0 bridgehead atoms. The van der Waals surface area contributed by atoms with Gasteiger partial charge < -0.3 is 11.1 Å². The molecule has 19 heavy (non-hydrogen) atoms. The zero-order valence-corrected chi connectivity index (χ0v) is 11.8. The summed E-state index contributed by atoms with van der Waals surface area (Å²) in [5, 5.41) is 2.85. The SMILES string of the molecule is Cc1ccc(C(N)C(=O)NCc2scnc2C)cc1. The van der Waals surface area contributed by atoms with E-state index in [9.17, 15) is 4.79 Å². The Bertz CT molecular complexity index is 562. The molecule has 0 aliphatic carbocycles. The maximum atomic E-state index is 12.0. The summed E-state index contributed by atoms with van der Waals surface area (Å²) in [5.41, 5.74) is 10.6. The average Bonchev–Trinajstić information content (AvgIpc) is 2.81. The molecule has 0 fully saturated rings. The van der Waals surface area contributed by atoms with Crippen molar-refractivity contribution in [2.45, 2.75) is 26.4 Å². The number of rotatable bonds is 4. The Labute approximate surface area is 116 Å². The lowest BCUT2D eigenvalue weighted by Gasteiger charge is -2.12. The molecule has 0 spiro atoms. The molecule has 100 valence electrons. The van der Waals surface area contributed by atoms with Crippen molar-refractivity contribution in [3.05, 3.63) is 51.5 Å². The molecule has 1 aromatic carbocycles. The average molecular weight is 275 g/mol. The number of aryl methyl sites for hydroxylation is 2. The quantitative estimate of drug-likeness (QED) is 0.897. The first-order chi connectivity index (χ1) is 9.08. The molecule has 0 saturated heterocycles. The first-order valence-corrected chi connectivity index (χ1v) is 6.94. The Morgan fingerprint density at radius 1 is 1.37 bits per heavy atom. The molecular formula is C14H17N3OS. The molecule has 0 aliphatic heterocycles. The monoisotopic (exact) mass is 275 g/mol. The van der Waals surface area contributed by atoms with Crippen molar-refractivity contribution in [1.29, 1.82) is 0 Å². The summed E-state index contributed by atoms with van der Waals surface area (Å²) in [6.45, 7) is 4.41. The van der Waals surface area contributed by atoms with Gasteiger partial charge >= 0.3 is 0 Å². The highest BCUT2D eigenvalue weighted by molar-refractivity contribution is 7.09. The Morgan fingerprint density at radius 2 is 2.05 bits per heavy atom. The molecule has 3 N–H and O–H groups in total. The lowest BCUT2D eigenvalue weighted by Crippen LogP contribution is -2.33. The van der Waals surface area contributed by atoms with Crippen LogP contribution in [0.2, 0.25) is 0 Å². The highest BCUT2D eigenvalue weighted by atomic mass is 32.1. The van der Waals surface area contributed by atoms with Crippen LogP contribution in [-0.2, 0) is 11.3 Å². The first kappa shape index (κ1) is 13.7. The van der Waals surface area contributed by atoms with Crippen LogP contribution in [0.15, 0.2) is 29.8 Å². The Morgan fingerprint density at radius 3 is 2.63 bits per heavy atom. The number of amides is 1. The molecule has 5 heteroatoms. The van der Waals surface area contributed by atoms with E-state index in [1.54, 1.807) is 5.51 Å². The van der Waals surface area contributed by atoms with E-state index in [4.69, 9.17) is 5.73 Å². The summed E-state index contributed by atoms with van der Waals surface area (Å²) >= 11 is 1.53. The van der Waals surface area contributed by atoms with Crippen LogP contribution in [0.3, 0.4) is 0 Å². The van der Waals surface area contributed by atoms with Crippen molar-refractivity contribution < 1.29 is 4.79 Å². The van der Waals surface area contributed by atoms with Gasteiger partial charge in [-0.05, 0) is 19.4 Å². The van der Waals surface area contributed by atoms with Gasteiger partial charge in [-0.25, -0.2) is 4.98 Å². The Balaban J connectivity index is 1.96. The van der Waals surface area contributed by atoms with E-state index in [-0.39, 0.29) is 5.91 Å². The van der Waals surface area contributed by atoms with Crippen molar-refractivity contribution in [3.63, 3.8) is 0 Å². The second kappa shape index (κ2) is 5.95. The lowest BCUT2D eigenvalue weighted by molar-refractivity contribution is -0.122. The topological polar surface area (TPSA) is 68.0 Å². The van der Waals surface area contributed by atoms with Crippen LogP contribution < -0.4 is 11.1 Å². The second-order valence-electron chi connectivity index (χ2n) is 4.47. The number of aromatic nitrogens is 1. The highest BCUT2D eigenvalue weighted by Gasteiger charge is 2.15. The third kappa shape index (κ3) is 3.39. The maximum absolute atomic E-state index is 12.0. The number of benzene rings is 1. The fourth-order valence-corrected chi connectivity index (χ4v) is 2.42. The molecule has 1 aromatic heterocycles. The van der Waals surface area contributed by atoms with E-state index in [1.165, 1.54) is 11.3 Å². The van der Waals surface area contributed by atoms with Crippen molar-refractivity contribution in [1.82, 2.24) is 10.3 Å². The number of nitrogens with two attached hydrogens (primary N) is 1. The molecule has 0 saturated carbocycles. The van der Waals surface area contributed by atoms with E-state index < -0.39 is 6.04 Å². The van der Waals surface area contributed by atoms with Gasteiger partial charge in [-0.3, -0.25) is 4.79 Å². The van der Waals surface area contributed by atoms with Gasteiger partial charge in [-0.1, -0.05) is 29.8 Å². The van der Waals surface area contributed by atoms with Crippen LogP contribution in [0.5, 0.6) is 0 Å². The molecule has 0 aliphatic rings. The van der Waals surface area contributed by atoms with Crippen LogP contribution in [0.1, 0.15) is 27.7 Å². The number of nitrogens with zero attached hydrogens (tertiary/aromatic N) is 1. The van der Waals surface area contributed by atoms with Crippen LogP contribution in [-0.4, -0.2) is 10.9 Å². The van der Waals surface area contributed by atoms with Gasteiger partial charge in [0.1, 0.15) is 6.04 Å². The Kier molecular flexibility index (Phi) is 4.29. The largest absolute Gasteiger partial charge is 0.349 e. The van der Waals surface area contributed by atoms with Crippen molar-refractivity contribution >= 4 is 17.2 Å². The summed E-state index contributed by atoms with van der Waals surface area (Å²) in [6.07, 6.45) is 0. The Hall–Kier alpha value is -1.72. The predicted molar refractivity (Wildman–Crippen MR) is 76.8 cm³/mol. The van der Waals surface area contributed by atoms with Crippen molar-refractivity contribution in [3.8, 4) is 0 Å². The standard InChI is InChI=1S/C14H17N3OS/c1-9-3-5-11(6-4-9)13(15)14(18)16-7-12-10(2)17-8-19-12/h3-6,8,13H,7,15H2,1-2H3,(H,16,18). The number of nitrogens with one attached hydrogen (secondary N) is 1. The molecular weight excluding hydrogens is 258 g/mol. The number of hydrogen-bond acceptors (Lipinski definition) is 4. The second-order valence-corrected chi connectivity index (χ2v) is 5.41. The van der Waals surface area contributed by atoms with Crippen LogP contribution in [0.25, 0.3) is 0 Å². The summed E-state index contributed by atoms with van der Waals surface area (Å²) in [4.78, 5) is 17.2. The normalized spacial score (nSPS) is 12.2. The van der Waals surface area contributed by atoms with Crippen LogP contribution in [0, 0.1) is 13.8 Å². The molecule has 1 atom stereocenters. The van der Waals surface area contributed by atoms with Crippen LogP contribution >= 0.6 is 11.3 Å². The maximum Gasteiger partial charge on any atom is 0.241 e. The van der Waals surface area contributed by atoms with E-state index in [2.05, 4.69) is 10.3 Å². The number of thiazole rings is 1. The van der Waals surface area contributed by atoms with Crippen LogP contribution in [0.4, 0.5) is 0 Å². The number of carbonyl (C=O) groups excluding carboxylic acids is 1.